The number of benzene rings is 1. The SMILES string of the molecule is CN=CC(=CN)c1ccc2ncnc(N)c2c1. The first-order valence-corrected chi connectivity index (χ1v) is 5.11. The van der Waals surface area contributed by atoms with E-state index in [2.05, 4.69) is 15.0 Å². The van der Waals surface area contributed by atoms with Gasteiger partial charge in [0.25, 0.3) is 0 Å². The topological polar surface area (TPSA) is 90.2 Å². The fraction of sp³-hybridized carbons (Fsp3) is 0.0833. The van der Waals surface area contributed by atoms with E-state index in [0.29, 0.717) is 5.82 Å². The van der Waals surface area contributed by atoms with Crippen LogP contribution < -0.4 is 11.5 Å². The first-order valence-electron chi connectivity index (χ1n) is 5.11. The lowest BCUT2D eigenvalue weighted by atomic mass is 10.1. The molecule has 0 spiro atoms. The van der Waals surface area contributed by atoms with E-state index in [1.807, 2.05) is 18.2 Å². The third-order valence-corrected chi connectivity index (χ3v) is 2.45. The molecule has 2 rings (SSSR count). The second-order valence-electron chi connectivity index (χ2n) is 3.50. The van der Waals surface area contributed by atoms with Crippen molar-refractivity contribution in [3.8, 4) is 0 Å². The van der Waals surface area contributed by atoms with Crippen molar-refractivity contribution in [3.63, 3.8) is 0 Å². The van der Waals surface area contributed by atoms with E-state index in [1.165, 1.54) is 12.5 Å². The average molecular weight is 227 g/mol. The van der Waals surface area contributed by atoms with Crippen LogP contribution in [-0.4, -0.2) is 23.2 Å². The number of nitrogen functional groups attached to an aromatic ring is 1. The maximum absolute atomic E-state index is 5.81. The van der Waals surface area contributed by atoms with Gasteiger partial charge >= 0.3 is 0 Å². The van der Waals surface area contributed by atoms with Gasteiger partial charge in [-0.3, -0.25) is 4.99 Å². The van der Waals surface area contributed by atoms with Crippen molar-refractivity contribution in [2.45, 2.75) is 0 Å². The standard InChI is InChI=1S/C12H13N5/c1-15-6-9(5-13)8-2-3-11-10(4-8)12(14)17-7-16-11/h2-7H,13H2,1H3,(H2,14,16,17). The van der Waals surface area contributed by atoms with E-state index < -0.39 is 0 Å². The van der Waals surface area contributed by atoms with E-state index in [-0.39, 0.29) is 0 Å². The summed E-state index contributed by atoms with van der Waals surface area (Å²) in [6.07, 6.45) is 4.65. The van der Waals surface area contributed by atoms with Gasteiger partial charge in [-0.05, 0) is 17.7 Å². The zero-order chi connectivity index (χ0) is 12.3. The fourth-order valence-electron chi connectivity index (χ4n) is 1.61. The molecule has 1 aromatic heterocycles. The lowest BCUT2D eigenvalue weighted by molar-refractivity contribution is 1.23. The number of fused-ring (bicyclic) bond motifs is 1. The number of anilines is 1. The van der Waals surface area contributed by atoms with Crippen molar-refractivity contribution < 1.29 is 0 Å². The summed E-state index contributed by atoms with van der Waals surface area (Å²) in [4.78, 5) is 12.1. The number of aromatic nitrogens is 2. The third kappa shape index (κ3) is 2.08. The number of nitrogens with zero attached hydrogens (tertiary/aromatic N) is 3. The first kappa shape index (κ1) is 11.1. The Morgan fingerprint density at radius 3 is 2.88 bits per heavy atom. The smallest absolute Gasteiger partial charge is 0.134 e. The molecule has 2 aromatic rings. The van der Waals surface area contributed by atoms with Crippen molar-refractivity contribution in [2.24, 2.45) is 10.7 Å². The van der Waals surface area contributed by atoms with Gasteiger partial charge in [-0.2, -0.15) is 0 Å². The van der Waals surface area contributed by atoms with Crippen LogP contribution in [0.4, 0.5) is 5.82 Å². The molecule has 0 aliphatic carbocycles. The lowest BCUT2D eigenvalue weighted by Gasteiger charge is -2.04. The van der Waals surface area contributed by atoms with Crippen LogP contribution in [0.5, 0.6) is 0 Å². The summed E-state index contributed by atoms with van der Waals surface area (Å²) in [6.45, 7) is 0. The number of nitrogens with two attached hydrogens (primary N) is 2. The molecule has 4 N–H and O–H groups in total. The van der Waals surface area contributed by atoms with Crippen LogP contribution in [0, 0.1) is 0 Å². The minimum Gasteiger partial charge on any atom is -0.404 e. The Kier molecular flexibility index (Phi) is 3.00. The summed E-state index contributed by atoms with van der Waals surface area (Å²) in [5.41, 5.74) is 13.9. The van der Waals surface area contributed by atoms with E-state index >= 15 is 0 Å². The molecule has 0 unspecified atom stereocenters. The van der Waals surface area contributed by atoms with Crippen molar-refractivity contribution in [1.29, 1.82) is 0 Å². The molecule has 5 nitrogen and oxygen atoms in total. The predicted molar refractivity (Wildman–Crippen MR) is 70.5 cm³/mol. The van der Waals surface area contributed by atoms with Gasteiger partial charge < -0.3 is 11.5 Å². The Hall–Kier alpha value is -2.43. The van der Waals surface area contributed by atoms with Gasteiger partial charge in [0, 0.05) is 30.4 Å². The average Bonchev–Trinajstić information content (AvgIpc) is 2.36. The lowest BCUT2D eigenvalue weighted by Crippen LogP contribution is -1.96. The molecule has 0 fully saturated rings. The van der Waals surface area contributed by atoms with Crippen LogP contribution >= 0.6 is 0 Å². The highest BCUT2D eigenvalue weighted by Gasteiger charge is 2.04. The molecule has 0 aliphatic rings. The Morgan fingerprint density at radius 2 is 2.18 bits per heavy atom. The summed E-state index contributed by atoms with van der Waals surface area (Å²) < 4.78 is 0. The highest BCUT2D eigenvalue weighted by Crippen LogP contribution is 2.21. The normalized spacial score (nSPS) is 12.4. The molecule has 0 saturated carbocycles. The number of rotatable bonds is 2. The predicted octanol–water partition coefficient (Wildman–Crippen LogP) is 1.21. The molecule has 86 valence electrons. The highest BCUT2D eigenvalue weighted by atomic mass is 14.9. The van der Waals surface area contributed by atoms with Gasteiger partial charge in [0.2, 0.25) is 0 Å². The Balaban J connectivity index is 2.62. The van der Waals surface area contributed by atoms with Crippen molar-refractivity contribution in [3.05, 3.63) is 36.3 Å². The fourth-order valence-corrected chi connectivity index (χ4v) is 1.61. The number of hydrogen-bond acceptors (Lipinski definition) is 5. The van der Waals surface area contributed by atoms with Crippen LogP contribution in [0.1, 0.15) is 5.56 Å². The summed E-state index contributed by atoms with van der Waals surface area (Å²) in [7, 11) is 1.70. The number of aliphatic imine (C=N–C) groups is 1. The molecule has 1 aromatic carbocycles. The summed E-state index contributed by atoms with van der Waals surface area (Å²) in [5, 5.41) is 0.814. The van der Waals surface area contributed by atoms with E-state index in [0.717, 1.165) is 22.0 Å². The Morgan fingerprint density at radius 1 is 1.35 bits per heavy atom. The summed E-state index contributed by atoms with van der Waals surface area (Å²) in [5.74, 6) is 0.460. The van der Waals surface area contributed by atoms with Gasteiger partial charge in [0.15, 0.2) is 0 Å². The van der Waals surface area contributed by atoms with Crippen LogP contribution in [-0.2, 0) is 0 Å². The first-order chi connectivity index (χ1) is 8.26. The zero-order valence-electron chi connectivity index (χ0n) is 9.46. The van der Waals surface area contributed by atoms with Crippen molar-refractivity contribution in [1.82, 2.24) is 9.97 Å². The molecule has 1 heterocycles. The summed E-state index contributed by atoms with van der Waals surface area (Å²) >= 11 is 0. The number of hydrogen-bond donors (Lipinski definition) is 2. The monoisotopic (exact) mass is 227 g/mol. The van der Waals surface area contributed by atoms with E-state index in [1.54, 1.807) is 13.3 Å². The van der Waals surface area contributed by atoms with Gasteiger partial charge in [-0.1, -0.05) is 6.07 Å². The maximum atomic E-state index is 5.81. The van der Waals surface area contributed by atoms with Crippen LogP contribution in [0.25, 0.3) is 16.5 Å². The van der Waals surface area contributed by atoms with Gasteiger partial charge in [0.05, 0.1) is 5.52 Å². The molecule has 17 heavy (non-hydrogen) atoms. The maximum Gasteiger partial charge on any atom is 0.134 e. The molecule has 0 radical (unpaired) electrons. The van der Waals surface area contributed by atoms with Gasteiger partial charge in [-0.15, -0.1) is 0 Å². The van der Waals surface area contributed by atoms with Gasteiger partial charge in [-0.25, -0.2) is 9.97 Å². The zero-order valence-corrected chi connectivity index (χ0v) is 9.46. The van der Waals surface area contributed by atoms with Gasteiger partial charge in [0.1, 0.15) is 12.1 Å². The second kappa shape index (κ2) is 4.61. The van der Waals surface area contributed by atoms with E-state index in [9.17, 15) is 0 Å². The molecule has 0 atom stereocenters. The van der Waals surface area contributed by atoms with Crippen LogP contribution in [0.2, 0.25) is 0 Å². The van der Waals surface area contributed by atoms with Crippen molar-refractivity contribution in [2.75, 3.05) is 12.8 Å². The molecule has 0 aliphatic heterocycles. The molecule has 5 heteroatoms. The Labute approximate surface area is 98.9 Å². The molecule has 0 amide bonds. The third-order valence-electron chi connectivity index (χ3n) is 2.45. The molecular weight excluding hydrogens is 214 g/mol. The van der Waals surface area contributed by atoms with Crippen molar-refractivity contribution >= 4 is 28.5 Å². The minimum atomic E-state index is 0.460. The quantitative estimate of drug-likeness (QED) is 0.754. The largest absolute Gasteiger partial charge is 0.404 e. The molecular formula is C12H13N5. The van der Waals surface area contributed by atoms with Crippen LogP contribution in [0.3, 0.4) is 0 Å². The summed E-state index contributed by atoms with van der Waals surface area (Å²) in [6, 6.07) is 5.72. The Bertz CT molecular complexity index is 601. The minimum absolute atomic E-state index is 0.460. The van der Waals surface area contributed by atoms with Crippen LogP contribution in [0.15, 0.2) is 35.7 Å². The van der Waals surface area contributed by atoms with E-state index in [4.69, 9.17) is 11.5 Å². The second-order valence-corrected chi connectivity index (χ2v) is 3.50. The highest BCUT2D eigenvalue weighted by molar-refractivity contribution is 6.10. The number of allylic oxidation sites excluding steroid dienone is 1. The molecule has 0 bridgehead atoms. The molecule has 0 saturated heterocycles.